The van der Waals surface area contributed by atoms with Gasteiger partial charge in [-0.25, -0.2) is 5.10 Å². The Balaban J connectivity index is 2.13. The Morgan fingerprint density at radius 1 is 1.18 bits per heavy atom. The highest BCUT2D eigenvalue weighted by Crippen LogP contribution is 2.35. The smallest absolute Gasteiger partial charge is 0.288 e. The largest absolute Gasteiger partial charge is 0.351 e. The summed E-state index contributed by atoms with van der Waals surface area (Å²) >= 11 is 6.09. The van der Waals surface area contributed by atoms with E-state index in [4.69, 9.17) is 11.6 Å². The molecule has 6 heteroatoms. The zero-order valence-corrected chi connectivity index (χ0v) is 16.6. The molecule has 1 unspecified atom stereocenters. The number of halogens is 1. The van der Waals surface area contributed by atoms with Crippen molar-refractivity contribution < 1.29 is 4.79 Å². The lowest BCUT2D eigenvalue weighted by atomic mass is 9.90. The molecule has 0 saturated carbocycles. The molecule has 0 aliphatic heterocycles. The van der Waals surface area contributed by atoms with Crippen LogP contribution in [0.3, 0.4) is 0 Å². The number of benzene rings is 2. The van der Waals surface area contributed by atoms with E-state index in [0.29, 0.717) is 34.9 Å². The number of carbonyl (C=O) groups is 1. The molecular weight excluding hydrogens is 374 g/mol. The lowest BCUT2D eigenvalue weighted by molar-refractivity contribution is -0.117. The molecule has 3 aromatic rings. The van der Waals surface area contributed by atoms with Gasteiger partial charge in [0.15, 0.2) is 0 Å². The highest BCUT2D eigenvalue weighted by atomic mass is 35.5. The molecule has 5 nitrogen and oxygen atoms in total. The van der Waals surface area contributed by atoms with Crippen LogP contribution in [0.5, 0.6) is 0 Å². The molecule has 2 aromatic carbocycles. The summed E-state index contributed by atoms with van der Waals surface area (Å²) in [7, 11) is 0. The Hall–Kier alpha value is -2.92. The first-order valence-electron chi connectivity index (χ1n) is 9.15. The highest BCUT2D eigenvalue weighted by molar-refractivity contribution is 6.30. The fourth-order valence-corrected chi connectivity index (χ4v) is 3.35. The molecule has 1 atom stereocenters. The number of rotatable bonds is 7. The van der Waals surface area contributed by atoms with Crippen LogP contribution in [0.4, 0.5) is 11.4 Å². The van der Waals surface area contributed by atoms with Crippen molar-refractivity contribution in [1.29, 1.82) is 0 Å². The Morgan fingerprint density at radius 2 is 1.93 bits per heavy atom. The number of H-pyrrole nitrogens is 1. The average molecular weight is 396 g/mol. The molecule has 0 amide bonds. The van der Waals surface area contributed by atoms with Crippen LogP contribution in [0.2, 0.25) is 5.02 Å². The van der Waals surface area contributed by atoms with Crippen molar-refractivity contribution in [1.82, 2.24) is 10.2 Å². The van der Waals surface area contributed by atoms with E-state index < -0.39 is 0 Å². The van der Waals surface area contributed by atoms with Crippen LogP contribution in [0.15, 0.2) is 59.4 Å². The third-order valence-corrected chi connectivity index (χ3v) is 4.82. The molecule has 0 spiro atoms. The minimum Gasteiger partial charge on any atom is -0.351 e. The summed E-state index contributed by atoms with van der Waals surface area (Å²) in [6.07, 6.45) is 1.07. The van der Waals surface area contributed by atoms with Gasteiger partial charge in [-0.3, -0.25) is 4.79 Å². The molecule has 0 bridgehead atoms. The molecule has 2 N–H and O–H groups in total. The van der Waals surface area contributed by atoms with E-state index in [9.17, 15) is 9.59 Å². The number of anilines is 2. The molecule has 0 fully saturated rings. The van der Waals surface area contributed by atoms with E-state index in [1.54, 1.807) is 19.1 Å². The van der Waals surface area contributed by atoms with Gasteiger partial charge in [-0.2, -0.15) is 5.10 Å². The zero-order chi connectivity index (χ0) is 20.1. The SMILES string of the molecule is CC(=O)CCC(C)c1c(-c2ccccc2)n[nH]c(=O)c1Nc1cccc(Cl)c1. The van der Waals surface area contributed by atoms with Crippen LogP contribution >= 0.6 is 11.6 Å². The first-order chi connectivity index (χ1) is 13.5. The summed E-state index contributed by atoms with van der Waals surface area (Å²) in [4.78, 5) is 24.2. The normalized spacial score (nSPS) is 11.8. The summed E-state index contributed by atoms with van der Waals surface area (Å²) in [6, 6.07) is 16.9. The second-order valence-electron chi connectivity index (χ2n) is 6.83. The van der Waals surface area contributed by atoms with Crippen LogP contribution in [0, 0.1) is 0 Å². The minimum atomic E-state index is -0.315. The van der Waals surface area contributed by atoms with Gasteiger partial charge in [0.05, 0.1) is 5.69 Å². The van der Waals surface area contributed by atoms with E-state index in [1.165, 1.54) is 0 Å². The summed E-state index contributed by atoms with van der Waals surface area (Å²) in [6.45, 7) is 3.58. The third-order valence-electron chi connectivity index (χ3n) is 4.58. The Labute approximate surface area is 168 Å². The topological polar surface area (TPSA) is 74.8 Å². The van der Waals surface area contributed by atoms with Gasteiger partial charge in [-0.1, -0.05) is 54.9 Å². The predicted molar refractivity (Wildman–Crippen MR) is 113 cm³/mol. The van der Waals surface area contributed by atoms with Gasteiger partial charge in [0.1, 0.15) is 11.5 Å². The summed E-state index contributed by atoms with van der Waals surface area (Å²) in [5, 5.41) is 10.7. The fraction of sp³-hybridized carbons (Fsp3) is 0.227. The van der Waals surface area contributed by atoms with Crippen LogP contribution in [-0.2, 0) is 4.79 Å². The lowest BCUT2D eigenvalue weighted by Crippen LogP contribution is -2.19. The maximum absolute atomic E-state index is 12.7. The van der Waals surface area contributed by atoms with Crippen LogP contribution in [0.25, 0.3) is 11.3 Å². The summed E-state index contributed by atoms with van der Waals surface area (Å²) in [5.41, 5.74) is 3.20. The molecule has 1 heterocycles. The first-order valence-corrected chi connectivity index (χ1v) is 9.53. The number of hydrogen-bond acceptors (Lipinski definition) is 4. The average Bonchev–Trinajstić information content (AvgIpc) is 2.68. The molecule has 0 saturated heterocycles. The number of aromatic amines is 1. The van der Waals surface area contributed by atoms with Gasteiger partial charge in [0.25, 0.3) is 5.56 Å². The number of nitrogens with zero attached hydrogens (tertiary/aromatic N) is 1. The van der Waals surface area contributed by atoms with Gasteiger partial charge in [-0.15, -0.1) is 0 Å². The Morgan fingerprint density at radius 3 is 2.61 bits per heavy atom. The van der Waals surface area contributed by atoms with Gasteiger partial charge in [0.2, 0.25) is 0 Å². The molecule has 0 radical (unpaired) electrons. The molecule has 0 aliphatic rings. The number of Topliss-reactive ketones (excluding diaryl/α,β-unsaturated/α-hetero) is 1. The van der Waals surface area contributed by atoms with Crippen LogP contribution in [0.1, 0.15) is 38.2 Å². The van der Waals surface area contributed by atoms with Gasteiger partial charge < -0.3 is 10.1 Å². The van der Waals surface area contributed by atoms with E-state index in [-0.39, 0.29) is 17.3 Å². The molecule has 3 rings (SSSR count). The van der Waals surface area contributed by atoms with Crippen molar-refractivity contribution >= 4 is 28.8 Å². The van der Waals surface area contributed by atoms with Crippen LogP contribution in [-0.4, -0.2) is 16.0 Å². The summed E-state index contributed by atoms with van der Waals surface area (Å²) < 4.78 is 0. The monoisotopic (exact) mass is 395 g/mol. The zero-order valence-electron chi connectivity index (χ0n) is 15.8. The van der Waals surface area contributed by atoms with Gasteiger partial charge in [-0.05, 0) is 37.5 Å². The second-order valence-corrected chi connectivity index (χ2v) is 7.27. The third kappa shape index (κ3) is 4.67. The minimum absolute atomic E-state index is 0.0457. The second kappa shape index (κ2) is 8.85. The van der Waals surface area contributed by atoms with E-state index in [1.807, 2.05) is 49.4 Å². The molecule has 28 heavy (non-hydrogen) atoms. The van der Waals surface area contributed by atoms with Crippen molar-refractivity contribution in [2.75, 3.05) is 5.32 Å². The van der Waals surface area contributed by atoms with Crippen molar-refractivity contribution in [2.45, 2.75) is 32.6 Å². The highest BCUT2D eigenvalue weighted by Gasteiger charge is 2.21. The van der Waals surface area contributed by atoms with Crippen molar-refractivity contribution in [3.63, 3.8) is 0 Å². The maximum Gasteiger partial charge on any atom is 0.288 e. The standard InChI is InChI=1S/C22H22ClN3O2/c1-14(11-12-15(2)27)19-20(16-7-4-3-5-8-16)25-26-22(28)21(19)24-18-10-6-9-17(23)13-18/h3-10,13-14H,11-12H2,1-2H3,(H,24,25)(H,26,28). The van der Waals surface area contributed by atoms with Crippen molar-refractivity contribution in [3.8, 4) is 11.3 Å². The molecule has 1 aromatic heterocycles. The van der Waals surface area contributed by atoms with E-state index in [2.05, 4.69) is 15.5 Å². The Bertz CT molecular complexity index is 1030. The van der Waals surface area contributed by atoms with Crippen molar-refractivity contribution in [3.05, 3.63) is 75.5 Å². The first kappa shape index (κ1) is 19.8. The van der Waals surface area contributed by atoms with E-state index in [0.717, 1.165) is 11.1 Å². The van der Waals surface area contributed by atoms with Crippen LogP contribution < -0.4 is 10.9 Å². The number of hydrogen-bond donors (Lipinski definition) is 2. The number of carbonyl (C=O) groups excluding carboxylic acids is 1. The van der Waals surface area contributed by atoms with E-state index >= 15 is 0 Å². The van der Waals surface area contributed by atoms with Crippen molar-refractivity contribution in [2.24, 2.45) is 0 Å². The fourth-order valence-electron chi connectivity index (χ4n) is 3.16. The van der Waals surface area contributed by atoms with Gasteiger partial charge >= 0.3 is 0 Å². The number of nitrogens with one attached hydrogen (secondary N) is 2. The molecular formula is C22H22ClN3O2. The summed E-state index contributed by atoms with van der Waals surface area (Å²) in [5.74, 6) is 0.0749. The lowest BCUT2D eigenvalue weighted by Gasteiger charge is -2.20. The molecule has 144 valence electrons. The Kier molecular flexibility index (Phi) is 6.26. The molecule has 0 aliphatic carbocycles. The predicted octanol–water partition coefficient (Wildman–Crippen LogP) is 5.31. The maximum atomic E-state index is 12.7. The van der Waals surface area contributed by atoms with Gasteiger partial charge in [0, 0.05) is 28.3 Å². The quantitative estimate of drug-likeness (QED) is 0.568. The number of ketones is 1. The number of aromatic nitrogens is 2.